The highest BCUT2D eigenvalue weighted by atomic mass is 16.6. The number of carbonyl (C=O) groups is 4. The zero-order chi connectivity index (χ0) is 36.6. The molecule has 4 aromatic rings. The van der Waals surface area contributed by atoms with E-state index in [2.05, 4.69) is 17.6 Å². The Morgan fingerprint density at radius 3 is 2.12 bits per heavy atom. The molecular formula is C41H46N2O8. The SMILES string of the molecule is CCCCCCCOc1ccc(C(=O)Oc2ccc(CC(NC(=O)c3ccc(NC(=O)Cc4cccc(OC)c4)cc3)C(C)=O)cc2OC)cc1. The maximum atomic E-state index is 13.1. The van der Waals surface area contributed by atoms with Gasteiger partial charge in [-0.1, -0.05) is 50.8 Å². The molecule has 0 aliphatic carbocycles. The van der Waals surface area contributed by atoms with Gasteiger partial charge < -0.3 is 29.6 Å². The first-order valence-electron chi connectivity index (χ1n) is 17.1. The number of amides is 2. The van der Waals surface area contributed by atoms with Crippen molar-refractivity contribution in [1.29, 1.82) is 0 Å². The molecule has 10 nitrogen and oxygen atoms in total. The smallest absolute Gasteiger partial charge is 0.343 e. The number of nitrogens with one attached hydrogen (secondary N) is 2. The summed E-state index contributed by atoms with van der Waals surface area (Å²) in [5.41, 5.74) is 2.72. The summed E-state index contributed by atoms with van der Waals surface area (Å²) >= 11 is 0. The lowest BCUT2D eigenvalue weighted by atomic mass is 10.0. The highest BCUT2D eigenvalue weighted by Gasteiger charge is 2.21. The number of hydrogen-bond donors (Lipinski definition) is 2. The Hall–Kier alpha value is -5.64. The minimum Gasteiger partial charge on any atom is -0.497 e. The van der Waals surface area contributed by atoms with Crippen molar-refractivity contribution in [3.8, 4) is 23.0 Å². The van der Waals surface area contributed by atoms with Crippen LogP contribution in [0.3, 0.4) is 0 Å². The minimum atomic E-state index is -0.824. The van der Waals surface area contributed by atoms with Gasteiger partial charge in [0.25, 0.3) is 5.91 Å². The van der Waals surface area contributed by atoms with Gasteiger partial charge in [0.2, 0.25) is 5.91 Å². The van der Waals surface area contributed by atoms with Gasteiger partial charge in [-0.15, -0.1) is 0 Å². The van der Waals surface area contributed by atoms with Crippen molar-refractivity contribution in [2.75, 3.05) is 26.1 Å². The molecule has 10 heteroatoms. The fourth-order valence-electron chi connectivity index (χ4n) is 5.32. The van der Waals surface area contributed by atoms with E-state index in [1.165, 1.54) is 33.3 Å². The van der Waals surface area contributed by atoms with Crippen LogP contribution in [0, 0.1) is 0 Å². The molecule has 0 heterocycles. The molecule has 2 amide bonds. The molecule has 0 saturated heterocycles. The molecule has 0 radical (unpaired) electrons. The third-order valence-electron chi connectivity index (χ3n) is 8.20. The molecule has 0 fully saturated rings. The maximum absolute atomic E-state index is 13.1. The van der Waals surface area contributed by atoms with Crippen molar-refractivity contribution in [3.05, 3.63) is 113 Å². The van der Waals surface area contributed by atoms with Crippen LogP contribution >= 0.6 is 0 Å². The van der Waals surface area contributed by atoms with Crippen LogP contribution < -0.4 is 29.6 Å². The molecule has 0 spiro atoms. The lowest BCUT2D eigenvalue weighted by Gasteiger charge is -2.17. The average molecular weight is 695 g/mol. The Kier molecular flexibility index (Phi) is 14.6. The molecule has 1 unspecified atom stereocenters. The molecule has 0 aliphatic rings. The number of ether oxygens (including phenoxy) is 4. The van der Waals surface area contributed by atoms with Gasteiger partial charge >= 0.3 is 5.97 Å². The number of unbranched alkanes of at least 4 members (excludes halogenated alkanes) is 4. The largest absolute Gasteiger partial charge is 0.497 e. The second-order valence-corrected chi connectivity index (χ2v) is 12.2. The summed E-state index contributed by atoms with van der Waals surface area (Å²) < 4.78 is 22.1. The van der Waals surface area contributed by atoms with Crippen molar-refractivity contribution < 1.29 is 38.1 Å². The Morgan fingerprint density at radius 2 is 1.43 bits per heavy atom. The van der Waals surface area contributed by atoms with Gasteiger partial charge in [-0.25, -0.2) is 4.79 Å². The van der Waals surface area contributed by atoms with Crippen LogP contribution in [-0.2, 0) is 22.4 Å². The van der Waals surface area contributed by atoms with Crippen LogP contribution in [0.25, 0.3) is 0 Å². The van der Waals surface area contributed by atoms with Crippen molar-refractivity contribution in [3.63, 3.8) is 0 Å². The molecule has 4 aromatic carbocycles. The van der Waals surface area contributed by atoms with Crippen molar-refractivity contribution in [1.82, 2.24) is 5.32 Å². The Labute approximate surface area is 299 Å². The van der Waals surface area contributed by atoms with Crippen LogP contribution in [0.5, 0.6) is 23.0 Å². The number of ketones is 1. The molecule has 268 valence electrons. The summed E-state index contributed by atoms with van der Waals surface area (Å²) in [6, 6.07) is 24.7. The van der Waals surface area contributed by atoms with E-state index in [1.54, 1.807) is 79.9 Å². The summed E-state index contributed by atoms with van der Waals surface area (Å²) in [5.74, 6) is 0.453. The van der Waals surface area contributed by atoms with E-state index in [9.17, 15) is 19.2 Å². The molecular weight excluding hydrogens is 648 g/mol. The van der Waals surface area contributed by atoms with Crippen molar-refractivity contribution in [2.45, 2.75) is 64.8 Å². The molecule has 0 bridgehead atoms. The monoisotopic (exact) mass is 694 g/mol. The van der Waals surface area contributed by atoms with Crippen LogP contribution in [0.15, 0.2) is 91.0 Å². The van der Waals surface area contributed by atoms with Crippen LogP contribution in [-0.4, -0.2) is 50.4 Å². The highest BCUT2D eigenvalue weighted by molar-refractivity contribution is 5.98. The molecule has 0 aromatic heterocycles. The Morgan fingerprint density at radius 1 is 0.706 bits per heavy atom. The molecule has 4 rings (SSSR count). The molecule has 0 aliphatic heterocycles. The van der Waals surface area contributed by atoms with Crippen LogP contribution in [0.4, 0.5) is 5.69 Å². The molecule has 1 atom stereocenters. The highest BCUT2D eigenvalue weighted by Crippen LogP contribution is 2.30. The fourth-order valence-corrected chi connectivity index (χ4v) is 5.32. The van der Waals surface area contributed by atoms with Gasteiger partial charge in [0.1, 0.15) is 11.5 Å². The zero-order valence-corrected chi connectivity index (χ0v) is 29.7. The summed E-state index contributed by atoms with van der Waals surface area (Å²) in [6.07, 6.45) is 6.11. The summed E-state index contributed by atoms with van der Waals surface area (Å²) in [4.78, 5) is 51.1. The standard InChI is InChI=1S/C41H46N2O8/c1-5-6-7-8-9-23-50-34-20-16-32(17-21-34)41(47)51-37-22-13-30(26-38(37)49-4)25-36(28(2)44)43-40(46)31-14-18-33(19-15-31)42-39(45)27-29-11-10-12-35(24-29)48-3/h10-22,24,26,36H,5-9,23,25,27H2,1-4H3,(H,42,45)(H,43,46). The van der Waals surface area contributed by atoms with Crippen LogP contribution in [0.2, 0.25) is 0 Å². The summed E-state index contributed by atoms with van der Waals surface area (Å²) in [7, 11) is 3.03. The quantitative estimate of drug-likeness (QED) is 0.0591. The summed E-state index contributed by atoms with van der Waals surface area (Å²) in [5, 5.41) is 5.62. The fraction of sp³-hybridized carbons (Fsp3) is 0.317. The van der Waals surface area contributed by atoms with Gasteiger partial charge in [-0.2, -0.15) is 0 Å². The summed E-state index contributed by atoms with van der Waals surface area (Å²) in [6.45, 7) is 4.22. The number of hydrogen-bond acceptors (Lipinski definition) is 8. The number of rotatable bonds is 19. The number of carbonyl (C=O) groups excluding carboxylic acids is 4. The van der Waals surface area contributed by atoms with Gasteiger partial charge in [0.05, 0.1) is 38.9 Å². The van der Waals surface area contributed by atoms with Gasteiger partial charge in [0.15, 0.2) is 17.3 Å². The molecule has 0 saturated carbocycles. The van der Waals surface area contributed by atoms with E-state index in [-0.39, 0.29) is 30.3 Å². The second kappa shape index (κ2) is 19.5. The van der Waals surface area contributed by atoms with Gasteiger partial charge in [-0.05, 0) is 104 Å². The number of benzene rings is 4. The normalized spacial score (nSPS) is 11.2. The Bertz CT molecular complexity index is 1770. The average Bonchev–Trinajstić information content (AvgIpc) is 3.13. The number of methoxy groups -OCH3 is 2. The topological polar surface area (TPSA) is 129 Å². The number of esters is 1. The van der Waals surface area contributed by atoms with Crippen LogP contribution in [0.1, 0.15) is 77.8 Å². The van der Waals surface area contributed by atoms with E-state index >= 15 is 0 Å². The molecule has 51 heavy (non-hydrogen) atoms. The first-order chi connectivity index (χ1) is 24.7. The van der Waals surface area contributed by atoms with E-state index in [1.807, 2.05) is 18.2 Å². The minimum absolute atomic E-state index is 0.164. The second-order valence-electron chi connectivity index (χ2n) is 12.2. The predicted molar refractivity (Wildman–Crippen MR) is 196 cm³/mol. The molecule has 2 N–H and O–H groups in total. The number of anilines is 1. The van der Waals surface area contributed by atoms with Gasteiger partial charge in [-0.3, -0.25) is 14.4 Å². The van der Waals surface area contributed by atoms with Crippen molar-refractivity contribution >= 4 is 29.3 Å². The number of Topliss-reactive ketones (excluding diaryl/α,β-unsaturated/α-hetero) is 1. The maximum Gasteiger partial charge on any atom is 0.343 e. The third kappa shape index (κ3) is 12.0. The van der Waals surface area contributed by atoms with E-state index < -0.39 is 17.9 Å². The van der Waals surface area contributed by atoms with E-state index in [0.29, 0.717) is 46.2 Å². The lowest BCUT2D eigenvalue weighted by molar-refractivity contribution is -0.119. The zero-order valence-electron chi connectivity index (χ0n) is 29.7. The predicted octanol–water partition coefficient (Wildman–Crippen LogP) is 7.38. The first-order valence-corrected chi connectivity index (χ1v) is 17.1. The third-order valence-corrected chi connectivity index (χ3v) is 8.20. The van der Waals surface area contributed by atoms with E-state index in [0.717, 1.165) is 18.4 Å². The van der Waals surface area contributed by atoms with Gasteiger partial charge in [0, 0.05) is 11.3 Å². The Balaban J connectivity index is 1.30. The first kappa shape index (κ1) is 38.2. The lowest BCUT2D eigenvalue weighted by Crippen LogP contribution is -2.41. The van der Waals surface area contributed by atoms with Crippen molar-refractivity contribution in [2.24, 2.45) is 0 Å². The van der Waals surface area contributed by atoms with E-state index in [4.69, 9.17) is 18.9 Å².